The van der Waals surface area contributed by atoms with Crippen molar-refractivity contribution in [3.63, 3.8) is 0 Å². The lowest BCUT2D eigenvalue weighted by molar-refractivity contribution is -0.137. The number of benzene rings is 2. The maximum atomic E-state index is 12.8. The number of para-hydroxylation sites is 1. The van der Waals surface area contributed by atoms with E-state index in [2.05, 4.69) is 5.32 Å². The predicted octanol–water partition coefficient (Wildman–Crippen LogP) is 4.59. The van der Waals surface area contributed by atoms with Gasteiger partial charge in [-0.25, -0.2) is 0 Å². The number of carbonyl (C=O) groups excluding carboxylic acids is 2. The molecule has 2 N–H and O–H groups in total. The van der Waals surface area contributed by atoms with E-state index in [1.807, 2.05) is 5.32 Å². The molecule has 126 valence electrons. The highest BCUT2D eigenvalue weighted by Crippen LogP contribution is 2.34. The van der Waals surface area contributed by atoms with Crippen molar-refractivity contribution in [3.8, 4) is 0 Å². The van der Waals surface area contributed by atoms with Crippen LogP contribution >= 0.6 is 23.2 Å². The lowest BCUT2D eigenvalue weighted by atomic mass is 10.1. The molecule has 0 unspecified atom stereocenters. The molecule has 0 aliphatic rings. The van der Waals surface area contributed by atoms with Crippen LogP contribution < -0.4 is 10.6 Å². The molecule has 0 heterocycles. The standard InChI is InChI=1S/C15H9Cl2F3N2O2/c16-10-6-5-8(7-11(10)17)21-13(23)14(24)22-12-4-2-1-3-9(12)15(18,19)20/h1-7H,(H,21,23)(H,22,24). The summed E-state index contributed by atoms with van der Waals surface area (Å²) in [6.45, 7) is 0. The van der Waals surface area contributed by atoms with Gasteiger partial charge in [-0.1, -0.05) is 35.3 Å². The van der Waals surface area contributed by atoms with Gasteiger partial charge in [0, 0.05) is 5.69 Å². The van der Waals surface area contributed by atoms with Crippen molar-refractivity contribution < 1.29 is 22.8 Å². The molecule has 0 aromatic heterocycles. The van der Waals surface area contributed by atoms with Crippen molar-refractivity contribution in [1.82, 2.24) is 0 Å². The third-order valence-electron chi connectivity index (χ3n) is 2.86. The van der Waals surface area contributed by atoms with E-state index in [0.717, 1.165) is 12.1 Å². The Kier molecular flexibility index (Phi) is 5.36. The topological polar surface area (TPSA) is 58.2 Å². The summed E-state index contributed by atoms with van der Waals surface area (Å²) in [6.07, 6.45) is -4.66. The SMILES string of the molecule is O=C(Nc1ccc(Cl)c(Cl)c1)C(=O)Nc1ccccc1C(F)(F)F. The van der Waals surface area contributed by atoms with E-state index in [9.17, 15) is 22.8 Å². The Morgan fingerprint density at radius 1 is 0.875 bits per heavy atom. The molecule has 0 fully saturated rings. The van der Waals surface area contributed by atoms with E-state index in [1.165, 1.54) is 30.3 Å². The molecule has 4 nitrogen and oxygen atoms in total. The number of carbonyl (C=O) groups is 2. The molecule has 0 saturated carbocycles. The molecule has 2 amide bonds. The van der Waals surface area contributed by atoms with Crippen molar-refractivity contribution in [2.24, 2.45) is 0 Å². The van der Waals surface area contributed by atoms with Crippen LogP contribution in [-0.4, -0.2) is 11.8 Å². The number of rotatable bonds is 2. The van der Waals surface area contributed by atoms with Gasteiger partial charge in [0.1, 0.15) is 0 Å². The zero-order chi connectivity index (χ0) is 17.9. The van der Waals surface area contributed by atoms with E-state index in [4.69, 9.17) is 23.2 Å². The molecule has 2 aromatic carbocycles. The van der Waals surface area contributed by atoms with Gasteiger partial charge in [-0.3, -0.25) is 9.59 Å². The molecule has 0 atom stereocenters. The van der Waals surface area contributed by atoms with Crippen LogP contribution in [0.1, 0.15) is 5.56 Å². The van der Waals surface area contributed by atoms with Crippen molar-refractivity contribution in [3.05, 3.63) is 58.1 Å². The molecule has 0 bridgehead atoms. The molecule has 0 radical (unpaired) electrons. The summed E-state index contributed by atoms with van der Waals surface area (Å²) < 4.78 is 38.5. The Morgan fingerprint density at radius 2 is 1.50 bits per heavy atom. The number of alkyl halides is 3. The molecule has 2 rings (SSSR count). The highest BCUT2D eigenvalue weighted by molar-refractivity contribution is 6.44. The summed E-state index contributed by atoms with van der Waals surface area (Å²) in [7, 11) is 0. The highest BCUT2D eigenvalue weighted by Gasteiger charge is 2.34. The van der Waals surface area contributed by atoms with Crippen LogP contribution in [0.15, 0.2) is 42.5 Å². The number of halogens is 5. The van der Waals surface area contributed by atoms with E-state index in [0.29, 0.717) is 0 Å². The zero-order valence-corrected chi connectivity index (χ0v) is 13.3. The maximum Gasteiger partial charge on any atom is 0.418 e. The van der Waals surface area contributed by atoms with Gasteiger partial charge in [0.05, 0.1) is 21.3 Å². The second-order valence-electron chi connectivity index (χ2n) is 4.58. The molecule has 9 heteroatoms. The van der Waals surface area contributed by atoms with E-state index >= 15 is 0 Å². The first kappa shape index (κ1) is 18.1. The highest BCUT2D eigenvalue weighted by atomic mass is 35.5. The monoisotopic (exact) mass is 376 g/mol. The maximum absolute atomic E-state index is 12.8. The number of amides is 2. The molecular weight excluding hydrogens is 368 g/mol. The van der Waals surface area contributed by atoms with Gasteiger partial charge in [-0.2, -0.15) is 13.2 Å². The van der Waals surface area contributed by atoms with Gasteiger partial charge in [0.15, 0.2) is 0 Å². The summed E-state index contributed by atoms with van der Waals surface area (Å²) in [4.78, 5) is 23.6. The van der Waals surface area contributed by atoms with Crippen LogP contribution in [0.5, 0.6) is 0 Å². The lowest BCUT2D eigenvalue weighted by Gasteiger charge is -2.13. The first-order valence-electron chi connectivity index (χ1n) is 6.42. The van der Waals surface area contributed by atoms with E-state index in [1.54, 1.807) is 0 Å². The minimum atomic E-state index is -4.66. The normalized spacial score (nSPS) is 11.0. The summed E-state index contributed by atoms with van der Waals surface area (Å²) in [5.41, 5.74) is -1.39. The summed E-state index contributed by atoms with van der Waals surface area (Å²) >= 11 is 11.5. The Morgan fingerprint density at radius 3 is 2.12 bits per heavy atom. The van der Waals surface area contributed by atoms with Crippen molar-refractivity contribution in [1.29, 1.82) is 0 Å². The van der Waals surface area contributed by atoms with Crippen molar-refractivity contribution >= 4 is 46.4 Å². The zero-order valence-electron chi connectivity index (χ0n) is 11.7. The molecule has 0 spiro atoms. The van der Waals surface area contributed by atoms with E-state index in [-0.39, 0.29) is 15.7 Å². The Balaban J connectivity index is 2.12. The second kappa shape index (κ2) is 7.11. The molecule has 2 aromatic rings. The number of nitrogens with one attached hydrogen (secondary N) is 2. The molecule has 0 aliphatic heterocycles. The third kappa shape index (κ3) is 4.39. The summed E-state index contributed by atoms with van der Waals surface area (Å²) in [5.74, 6) is -2.40. The summed E-state index contributed by atoms with van der Waals surface area (Å²) in [5, 5.41) is 4.54. The first-order chi connectivity index (χ1) is 11.2. The van der Waals surface area contributed by atoms with Gasteiger partial charge in [0.2, 0.25) is 0 Å². The van der Waals surface area contributed by atoms with Crippen molar-refractivity contribution in [2.45, 2.75) is 6.18 Å². The Hall–Kier alpha value is -2.25. The summed E-state index contributed by atoms with van der Waals surface area (Å²) in [6, 6.07) is 8.42. The van der Waals surface area contributed by atoms with E-state index < -0.39 is 29.2 Å². The number of anilines is 2. The molecule has 0 saturated heterocycles. The van der Waals surface area contributed by atoms with Crippen molar-refractivity contribution in [2.75, 3.05) is 10.6 Å². The molecule has 0 aliphatic carbocycles. The van der Waals surface area contributed by atoms with Crippen LogP contribution in [-0.2, 0) is 15.8 Å². The molecular formula is C15H9Cl2F3N2O2. The van der Waals surface area contributed by atoms with Crippen LogP contribution in [0, 0.1) is 0 Å². The quantitative estimate of drug-likeness (QED) is 0.753. The first-order valence-corrected chi connectivity index (χ1v) is 7.17. The van der Waals surface area contributed by atoms with Crippen LogP contribution in [0.25, 0.3) is 0 Å². The van der Waals surface area contributed by atoms with Crippen LogP contribution in [0.2, 0.25) is 10.0 Å². The smallest absolute Gasteiger partial charge is 0.318 e. The van der Waals surface area contributed by atoms with Gasteiger partial charge >= 0.3 is 18.0 Å². The van der Waals surface area contributed by atoms with Gasteiger partial charge < -0.3 is 10.6 Å². The second-order valence-corrected chi connectivity index (χ2v) is 5.39. The van der Waals surface area contributed by atoms with Gasteiger partial charge in [-0.05, 0) is 30.3 Å². The average Bonchev–Trinajstić information content (AvgIpc) is 2.50. The predicted molar refractivity (Wildman–Crippen MR) is 85.2 cm³/mol. The Bertz CT molecular complexity index is 795. The fraction of sp³-hybridized carbons (Fsp3) is 0.0667. The van der Waals surface area contributed by atoms with Gasteiger partial charge in [0.25, 0.3) is 0 Å². The minimum absolute atomic E-state index is 0.150. The Labute approximate surface area is 144 Å². The van der Waals surface area contributed by atoms with Gasteiger partial charge in [-0.15, -0.1) is 0 Å². The average molecular weight is 377 g/mol. The fourth-order valence-corrected chi connectivity index (χ4v) is 2.08. The number of hydrogen-bond donors (Lipinski definition) is 2. The van der Waals surface area contributed by atoms with Crippen LogP contribution in [0.3, 0.4) is 0 Å². The third-order valence-corrected chi connectivity index (χ3v) is 3.60. The minimum Gasteiger partial charge on any atom is -0.318 e. The number of hydrogen-bond acceptors (Lipinski definition) is 2. The van der Waals surface area contributed by atoms with Crippen LogP contribution in [0.4, 0.5) is 24.5 Å². The molecule has 24 heavy (non-hydrogen) atoms. The fourth-order valence-electron chi connectivity index (χ4n) is 1.78. The lowest BCUT2D eigenvalue weighted by Crippen LogP contribution is -2.30. The largest absolute Gasteiger partial charge is 0.418 e.